The summed E-state index contributed by atoms with van der Waals surface area (Å²) in [5.74, 6) is 0.620. The number of nitrogen functional groups attached to an aromatic ring is 1. The van der Waals surface area contributed by atoms with Gasteiger partial charge in [0.25, 0.3) is 5.91 Å². The highest BCUT2D eigenvalue weighted by Gasteiger charge is 2.21. The van der Waals surface area contributed by atoms with Crippen LogP contribution in [0.1, 0.15) is 47.9 Å². The Morgan fingerprint density at radius 3 is 2.58 bits per heavy atom. The van der Waals surface area contributed by atoms with Crippen LogP contribution < -0.4 is 11.1 Å². The molecule has 0 saturated carbocycles. The van der Waals surface area contributed by atoms with Crippen molar-refractivity contribution in [3.8, 4) is 11.3 Å². The van der Waals surface area contributed by atoms with E-state index in [1.54, 1.807) is 6.92 Å². The molecule has 4 heterocycles. The van der Waals surface area contributed by atoms with Crippen molar-refractivity contribution in [3.05, 3.63) is 41.2 Å². The first kappa shape index (κ1) is 20.8. The van der Waals surface area contributed by atoms with Gasteiger partial charge in [-0.2, -0.15) is 0 Å². The largest absolute Gasteiger partial charge is 0.382 e. The molecule has 31 heavy (non-hydrogen) atoms. The number of anilines is 1. The molecule has 0 unspecified atom stereocenters. The lowest BCUT2D eigenvalue weighted by molar-refractivity contribution is -0.129. The smallest absolute Gasteiger partial charge is 0.253 e. The number of benzene rings is 1. The van der Waals surface area contributed by atoms with Crippen LogP contribution in [0.5, 0.6) is 0 Å². The molecule has 0 atom stereocenters. The van der Waals surface area contributed by atoms with E-state index in [0.29, 0.717) is 17.9 Å². The molecule has 1 fully saturated rings. The van der Waals surface area contributed by atoms with Crippen LogP contribution >= 0.6 is 0 Å². The maximum absolute atomic E-state index is 11.9. The van der Waals surface area contributed by atoms with Gasteiger partial charge in [0.1, 0.15) is 11.3 Å². The van der Waals surface area contributed by atoms with Crippen LogP contribution in [0.25, 0.3) is 22.3 Å². The predicted molar refractivity (Wildman–Crippen MR) is 121 cm³/mol. The number of carbonyl (C=O) groups excluding carboxylic acids is 2. The minimum atomic E-state index is -0.0366. The van der Waals surface area contributed by atoms with Crippen molar-refractivity contribution in [1.82, 2.24) is 25.2 Å². The third-order valence-corrected chi connectivity index (χ3v) is 5.80. The number of carbonyl (C=O) groups is 2. The number of aryl methyl sites for hydroxylation is 1. The van der Waals surface area contributed by atoms with Gasteiger partial charge < -0.3 is 20.9 Å². The minimum absolute atomic E-state index is 0.0366. The van der Waals surface area contributed by atoms with Crippen LogP contribution in [-0.4, -0.2) is 51.3 Å². The lowest BCUT2D eigenvalue weighted by Gasteiger charge is -2.24. The number of para-hydroxylation sites is 1. The molecule has 0 radical (unpaired) electrons. The molecule has 5 rings (SSSR count). The summed E-state index contributed by atoms with van der Waals surface area (Å²) in [5, 5.41) is 2.85. The van der Waals surface area contributed by atoms with E-state index in [1.807, 2.05) is 36.1 Å². The van der Waals surface area contributed by atoms with E-state index >= 15 is 0 Å². The first-order valence-electron chi connectivity index (χ1n) is 10.7. The summed E-state index contributed by atoms with van der Waals surface area (Å²) in [7, 11) is 0. The predicted octanol–water partition coefficient (Wildman–Crippen LogP) is 2.82. The fourth-order valence-electron chi connectivity index (χ4n) is 4.04. The normalized spacial score (nSPS) is 15.7. The van der Waals surface area contributed by atoms with E-state index in [9.17, 15) is 9.59 Å². The molecule has 0 aliphatic carbocycles. The molecule has 8 nitrogen and oxygen atoms in total. The summed E-state index contributed by atoms with van der Waals surface area (Å²) >= 11 is 0. The molecule has 2 aliphatic heterocycles. The Bertz CT molecular complexity index is 1130. The molecule has 0 spiro atoms. The average Bonchev–Trinajstić information content (AvgIpc) is 3.21. The lowest BCUT2D eigenvalue weighted by atomic mass is 10.1. The Hall–Kier alpha value is -3.42. The van der Waals surface area contributed by atoms with Crippen molar-refractivity contribution in [2.75, 3.05) is 25.4 Å². The Morgan fingerprint density at radius 1 is 1.13 bits per heavy atom. The standard InChI is InChI=1S/C16H15N5O.C7H13NO/c1-8-15(17)21-14-9(3-2-4-12(14)19-8)13-7-10-11(20-13)5-6-18-16(10)22;1-7(9)8-5-3-2-4-6-8/h2-4,7,20H,5-6H2,1H3,(H2,17,21)(H,18,22);2-6H2,1H3. The number of nitrogens with zero attached hydrogens (tertiary/aromatic N) is 3. The fourth-order valence-corrected chi connectivity index (χ4v) is 4.04. The first-order valence-corrected chi connectivity index (χ1v) is 10.7. The van der Waals surface area contributed by atoms with E-state index in [0.717, 1.165) is 53.2 Å². The summed E-state index contributed by atoms with van der Waals surface area (Å²) in [5.41, 5.74) is 11.6. The molecule has 162 valence electrons. The zero-order chi connectivity index (χ0) is 22.0. The highest BCUT2D eigenvalue weighted by atomic mass is 16.2. The fraction of sp³-hybridized carbons (Fsp3) is 0.391. The molecule has 1 saturated heterocycles. The lowest BCUT2D eigenvalue weighted by Crippen LogP contribution is -2.33. The Balaban J connectivity index is 0.000000217. The van der Waals surface area contributed by atoms with Crippen LogP contribution in [0.2, 0.25) is 0 Å². The average molecular weight is 421 g/mol. The molecule has 2 aliphatic rings. The number of fused-ring (bicyclic) bond motifs is 2. The summed E-state index contributed by atoms with van der Waals surface area (Å²) in [4.78, 5) is 36.8. The number of amides is 2. The number of nitrogens with one attached hydrogen (secondary N) is 2. The number of rotatable bonds is 1. The van der Waals surface area contributed by atoms with E-state index in [1.165, 1.54) is 19.3 Å². The first-order chi connectivity index (χ1) is 14.9. The van der Waals surface area contributed by atoms with Gasteiger partial charge in [0.05, 0.1) is 16.8 Å². The van der Waals surface area contributed by atoms with Crippen LogP contribution in [0, 0.1) is 6.92 Å². The second-order valence-electron chi connectivity index (χ2n) is 8.02. The third-order valence-electron chi connectivity index (χ3n) is 5.80. The van der Waals surface area contributed by atoms with Gasteiger partial charge in [-0.15, -0.1) is 0 Å². The van der Waals surface area contributed by atoms with Crippen LogP contribution in [0.15, 0.2) is 24.3 Å². The zero-order valence-corrected chi connectivity index (χ0v) is 18.0. The number of likely N-dealkylation sites (tertiary alicyclic amines) is 1. The van der Waals surface area contributed by atoms with E-state index in [-0.39, 0.29) is 11.8 Å². The van der Waals surface area contributed by atoms with Crippen molar-refractivity contribution >= 4 is 28.7 Å². The number of aromatic amines is 1. The van der Waals surface area contributed by atoms with Crippen LogP contribution in [0.4, 0.5) is 5.82 Å². The van der Waals surface area contributed by atoms with E-state index in [2.05, 4.69) is 20.3 Å². The van der Waals surface area contributed by atoms with Gasteiger partial charge in [-0.1, -0.05) is 12.1 Å². The highest BCUT2D eigenvalue weighted by Crippen LogP contribution is 2.29. The zero-order valence-electron chi connectivity index (χ0n) is 18.0. The number of aromatic nitrogens is 3. The molecular weight excluding hydrogens is 392 g/mol. The van der Waals surface area contributed by atoms with Gasteiger partial charge in [0.2, 0.25) is 5.91 Å². The van der Waals surface area contributed by atoms with Crippen LogP contribution in [-0.2, 0) is 11.2 Å². The van der Waals surface area contributed by atoms with Crippen molar-refractivity contribution in [1.29, 1.82) is 0 Å². The van der Waals surface area contributed by atoms with Gasteiger partial charge in [-0.3, -0.25) is 9.59 Å². The number of piperidine rings is 1. The highest BCUT2D eigenvalue weighted by molar-refractivity contribution is 5.99. The summed E-state index contributed by atoms with van der Waals surface area (Å²) < 4.78 is 0. The molecular formula is C23H28N6O2. The van der Waals surface area contributed by atoms with E-state index in [4.69, 9.17) is 5.73 Å². The molecule has 3 aromatic rings. The SMILES string of the molecule is CC(=O)N1CCCCC1.Cc1nc2cccc(-c3cc4c([nH]3)CCNC4=O)c2nc1N. The van der Waals surface area contributed by atoms with Crippen molar-refractivity contribution in [2.24, 2.45) is 0 Å². The summed E-state index contributed by atoms with van der Waals surface area (Å²) in [6.07, 6.45) is 4.49. The van der Waals surface area contributed by atoms with Gasteiger partial charge in [0.15, 0.2) is 0 Å². The minimum Gasteiger partial charge on any atom is -0.382 e. The van der Waals surface area contributed by atoms with E-state index < -0.39 is 0 Å². The van der Waals surface area contributed by atoms with Gasteiger partial charge >= 0.3 is 0 Å². The van der Waals surface area contributed by atoms with Crippen molar-refractivity contribution < 1.29 is 9.59 Å². The second-order valence-corrected chi connectivity index (χ2v) is 8.02. The number of hydrogen-bond acceptors (Lipinski definition) is 5. The maximum Gasteiger partial charge on any atom is 0.253 e. The second kappa shape index (κ2) is 8.75. The van der Waals surface area contributed by atoms with Gasteiger partial charge in [-0.25, -0.2) is 9.97 Å². The molecule has 4 N–H and O–H groups in total. The number of nitrogens with two attached hydrogens (primary N) is 1. The topological polar surface area (TPSA) is 117 Å². The van der Waals surface area contributed by atoms with Gasteiger partial charge in [-0.05, 0) is 38.3 Å². The Morgan fingerprint density at radius 2 is 1.90 bits per heavy atom. The molecule has 2 aromatic heterocycles. The maximum atomic E-state index is 11.9. The molecule has 1 aromatic carbocycles. The quantitative estimate of drug-likeness (QED) is 0.560. The monoisotopic (exact) mass is 420 g/mol. The molecule has 8 heteroatoms. The molecule has 0 bridgehead atoms. The Kier molecular flexibility index (Phi) is 5.88. The molecule has 2 amide bonds. The number of hydrogen-bond donors (Lipinski definition) is 3. The Labute approximate surface area is 181 Å². The summed E-state index contributed by atoms with van der Waals surface area (Å²) in [6.45, 7) is 6.11. The van der Waals surface area contributed by atoms with Crippen molar-refractivity contribution in [3.63, 3.8) is 0 Å². The van der Waals surface area contributed by atoms with Crippen molar-refractivity contribution in [2.45, 2.75) is 39.5 Å². The van der Waals surface area contributed by atoms with Gasteiger partial charge in [0, 0.05) is 49.9 Å². The van der Waals surface area contributed by atoms with Crippen LogP contribution in [0.3, 0.4) is 0 Å². The summed E-state index contributed by atoms with van der Waals surface area (Å²) in [6, 6.07) is 7.67. The number of H-pyrrole nitrogens is 1. The third kappa shape index (κ3) is 4.38.